The third kappa shape index (κ3) is 20.3. The van der Waals surface area contributed by atoms with E-state index < -0.39 is 158 Å². The minimum absolute atomic E-state index is 0. The van der Waals surface area contributed by atoms with Gasteiger partial charge < -0.3 is 80.2 Å². The maximum atomic E-state index is 12.0. The van der Waals surface area contributed by atoms with Crippen molar-refractivity contribution >= 4 is 5.82 Å². The molecule has 9 heterocycles. The van der Waals surface area contributed by atoms with E-state index >= 15 is 0 Å². The molecule has 16 atom stereocenters. The van der Waals surface area contributed by atoms with Gasteiger partial charge in [-0.3, -0.25) is 37.8 Å². The normalized spacial score (nSPS) is 28.7. The maximum Gasteiger partial charge on any atom is 0.351 e. The Morgan fingerprint density at radius 3 is 1.12 bits per heavy atom. The predicted molar refractivity (Wildman–Crippen MR) is 235 cm³/mol. The fraction of sp³-hybridized carbons (Fsp3) is 0.526. The van der Waals surface area contributed by atoms with Gasteiger partial charge in [-0.2, -0.15) is 15.1 Å². The Kier molecular flexibility index (Phi) is 39.6. The molecule has 5 aromatic rings. The number of H-pyrrole nitrogens is 2. The van der Waals surface area contributed by atoms with Crippen molar-refractivity contribution in [1.82, 2.24) is 53.0 Å². The smallest absolute Gasteiger partial charge is 0.351 e. The number of hydrogen-bond donors (Lipinski definition) is 14. The molecule has 16 unspecified atom stereocenters. The molecule has 0 aromatic carbocycles. The average Bonchev–Trinajstić information content (AvgIpc) is 4.20. The number of ether oxygens (including phenoxy) is 4. The molecule has 4 aliphatic heterocycles. The molecule has 0 aliphatic carbocycles. The standard InChI is InChI=1S/C11H13N5O5.C9H11N5O5.2C9H12N2O6.6Ac/c17-3-6-8(18)9(19)10(21-6)15-2-1-7(14-11(15)20)16-5-12-4-13-16;10-13-12-5-1-2-14(9(18)11-5)8-7(17)6(16)4(3-15)19-8;2*12-3-4-6(14)7(15)8(17-4)11-2-1-5(13)10-9(11)16;;;;;;/h1-2,4-6,8-10,17-19H,3H2;1-2,4,6-8,15-17H,3H2;2*1-2,4,6-8,12,14-15H,3H2,(H,10,13,16);;;;;;. The second kappa shape index (κ2) is 38.9. The van der Waals surface area contributed by atoms with Crippen LogP contribution in [0, 0.1) is 264 Å². The van der Waals surface area contributed by atoms with Gasteiger partial charge in [-0.1, -0.05) is 0 Å². The maximum absolute atomic E-state index is 12.0. The first-order valence-corrected chi connectivity index (χ1v) is 21.5. The van der Waals surface area contributed by atoms with Crippen molar-refractivity contribution in [3.63, 3.8) is 0 Å². The Bertz CT molecular complexity index is 3010. The molecule has 5 aromatic heterocycles. The number of aromatic amines is 2. The van der Waals surface area contributed by atoms with E-state index in [0.29, 0.717) is 0 Å². The number of hydrogen-bond acceptors (Lipinski definition) is 27. The van der Waals surface area contributed by atoms with Crippen LogP contribution in [0.3, 0.4) is 0 Å². The SMILES string of the molecule is O=c1ccn(C2OC(CO)C(O)C2O)c(=O)[nH]1.O=c1ccn(C2OC(CO)C(O)C2O)c(=O)[nH]1.O=c1nc(-n2cncn2)ccn1C1OC(CO)C(O)C1O.[Ac].[Ac].[Ac].[Ac].[Ac].[Ac].[N-]=[N+]=Nc1ccn(C2OC(CO)C(O)C2O)c(=O)n1. The summed E-state index contributed by atoms with van der Waals surface area (Å²) in [5, 5.41) is 120. The van der Waals surface area contributed by atoms with Gasteiger partial charge in [0.25, 0.3) is 11.1 Å². The van der Waals surface area contributed by atoms with E-state index in [4.69, 9.17) is 44.9 Å². The van der Waals surface area contributed by atoms with E-state index in [1.165, 1.54) is 41.9 Å². The minimum Gasteiger partial charge on any atom is -0.394 e. The zero-order valence-electron chi connectivity index (χ0n) is 41.1. The molecule has 6 radical (unpaired) electrons. The summed E-state index contributed by atoms with van der Waals surface area (Å²) in [6.07, 6.45) is -11.4. The van der Waals surface area contributed by atoms with Crippen molar-refractivity contribution in [2.24, 2.45) is 5.11 Å². The van der Waals surface area contributed by atoms with Gasteiger partial charge in [0.15, 0.2) is 30.7 Å². The average molecular weight is 2410 g/mol. The molecule has 420 valence electrons. The van der Waals surface area contributed by atoms with E-state index in [1.807, 2.05) is 9.97 Å². The van der Waals surface area contributed by atoms with Gasteiger partial charge in [0.1, 0.15) is 91.7 Å². The van der Waals surface area contributed by atoms with Crippen LogP contribution in [0.1, 0.15) is 24.9 Å². The molecule has 0 amide bonds. The molecule has 36 nitrogen and oxygen atoms in total. The molecule has 0 spiro atoms. The molecule has 4 aliphatic rings. The third-order valence-corrected chi connectivity index (χ3v) is 11.3. The van der Waals surface area contributed by atoms with Gasteiger partial charge in [0.05, 0.1) is 26.4 Å². The van der Waals surface area contributed by atoms with E-state index in [1.54, 1.807) is 0 Å². The van der Waals surface area contributed by atoms with Crippen molar-refractivity contribution in [2.45, 2.75) is 98.2 Å². The summed E-state index contributed by atoms with van der Waals surface area (Å²) >= 11 is 0. The van der Waals surface area contributed by atoms with Gasteiger partial charge >= 0.3 is 22.8 Å². The second-order valence-electron chi connectivity index (χ2n) is 15.9. The van der Waals surface area contributed by atoms with Crippen molar-refractivity contribution in [3.8, 4) is 5.82 Å². The van der Waals surface area contributed by atoms with Gasteiger partial charge in [-0.05, 0) is 22.8 Å². The van der Waals surface area contributed by atoms with E-state index in [0.717, 1.165) is 42.8 Å². The summed E-state index contributed by atoms with van der Waals surface area (Å²) < 4.78 is 25.9. The minimum atomic E-state index is -1.37. The van der Waals surface area contributed by atoms with Crippen LogP contribution in [0.25, 0.3) is 16.3 Å². The molecular formula is C38H48Ac6N14O22. The third-order valence-electron chi connectivity index (χ3n) is 11.3. The van der Waals surface area contributed by atoms with Gasteiger partial charge in [-0.15, -0.1) is 0 Å². The summed E-state index contributed by atoms with van der Waals surface area (Å²) in [5.74, 6) is 0.149. The second-order valence-corrected chi connectivity index (χ2v) is 15.9. The molecule has 0 bridgehead atoms. The summed E-state index contributed by atoms with van der Waals surface area (Å²) in [7, 11) is 0. The van der Waals surface area contributed by atoms with Crippen molar-refractivity contribution in [3.05, 3.63) is 135 Å². The van der Waals surface area contributed by atoms with Crippen LogP contribution < -0.4 is 33.9 Å². The topological polar surface area (TPSA) is 539 Å². The van der Waals surface area contributed by atoms with Crippen molar-refractivity contribution in [1.29, 1.82) is 0 Å². The van der Waals surface area contributed by atoms with Crippen LogP contribution in [0.5, 0.6) is 0 Å². The molecular weight excluding hydrogens is 2370 g/mol. The zero-order chi connectivity index (χ0) is 54.1. The summed E-state index contributed by atoms with van der Waals surface area (Å²) in [4.78, 5) is 85.8. The monoisotopic (exact) mass is 2410 g/mol. The van der Waals surface area contributed by atoms with E-state index in [9.17, 15) is 69.6 Å². The Labute approximate surface area is 661 Å². The van der Waals surface area contributed by atoms with E-state index in [-0.39, 0.29) is 276 Å². The number of nitrogens with one attached hydrogen (secondary N) is 2. The van der Waals surface area contributed by atoms with Crippen LogP contribution in [0.2, 0.25) is 0 Å². The van der Waals surface area contributed by atoms with Crippen molar-refractivity contribution in [2.75, 3.05) is 26.4 Å². The van der Waals surface area contributed by atoms with Gasteiger partial charge in [0.2, 0.25) is 0 Å². The summed E-state index contributed by atoms with van der Waals surface area (Å²) in [5.41, 5.74) is 4.07. The van der Waals surface area contributed by atoms with E-state index in [2.05, 4.69) is 30.1 Å². The first-order chi connectivity index (χ1) is 35.3. The number of aliphatic hydroxyl groups excluding tert-OH is 12. The fourth-order valence-corrected chi connectivity index (χ4v) is 7.45. The Morgan fingerprint density at radius 2 is 0.838 bits per heavy atom. The zero-order valence-corrected chi connectivity index (χ0v) is 69.6. The Balaban J connectivity index is 0.00000102. The van der Waals surface area contributed by atoms with Gasteiger partial charge in [-0.25, -0.2) is 28.8 Å². The largest absolute Gasteiger partial charge is 0.394 e. The first kappa shape index (κ1) is 81.6. The number of rotatable bonds is 10. The first-order valence-electron chi connectivity index (χ1n) is 21.5. The summed E-state index contributed by atoms with van der Waals surface area (Å²) in [6, 6.07) is 4.94. The predicted octanol–water partition coefficient (Wildman–Crippen LogP) is -9.47. The molecule has 0 saturated carbocycles. The van der Waals surface area contributed by atoms with Crippen molar-refractivity contribution < 1.29 is 345 Å². The molecule has 80 heavy (non-hydrogen) atoms. The van der Waals surface area contributed by atoms with Crippen LogP contribution in [0.15, 0.2) is 95.6 Å². The molecule has 4 fully saturated rings. The van der Waals surface area contributed by atoms with Crippen LogP contribution in [-0.4, -0.2) is 214 Å². The molecule has 4 saturated heterocycles. The Hall–Kier alpha value is 1.58. The summed E-state index contributed by atoms with van der Waals surface area (Å²) in [6.45, 7) is -1.92. The number of azide groups is 1. The number of aliphatic hydroxyl groups is 12. The van der Waals surface area contributed by atoms with Crippen LogP contribution in [0.4, 0.5) is 5.82 Å². The van der Waals surface area contributed by atoms with Gasteiger partial charge in [0, 0.05) is 306 Å². The quantitative estimate of drug-likeness (QED) is 0.0351. The molecule has 42 heteroatoms. The molecule has 9 rings (SSSR count). The van der Waals surface area contributed by atoms with Crippen LogP contribution >= 0.6 is 0 Å². The Morgan fingerprint density at radius 1 is 0.500 bits per heavy atom. The van der Waals surface area contributed by atoms with Crippen LogP contribution in [-0.2, 0) is 18.9 Å². The number of nitrogens with zero attached hydrogens (tertiary/aromatic N) is 12. The number of aromatic nitrogens is 11. The fourth-order valence-electron chi connectivity index (χ4n) is 7.45. The molecule has 14 N–H and O–H groups in total.